The van der Waals surface area contributed by atoms with E-state index in [1.807, 2.05) is 6.07 Å². The summed E-state index contributed by atoms with van der Waals surface area (Å²) in [5, 5.41) is 11.2. The Morgan fingerprint density at radius 3 is 2.55 bits per heavy atom. The van der Waals surface area contributed by atoms with E-state index in [4.69, 9.17) is 0 Å². The molecule has 0 aliphatic carbocycles. The number of halogens is 1. The number of aromatic nitrogens is 3. The van der Waals surface area contributed by atoms with Gasteiger partial charge in [0, 0.05) is 25.2 Å². The highest BCUT2D eigenvalue weighted by Gasteiger charge is 2.09. The lowest BCUT2D eigenvalue weighted by Gasteiger charge is -2.21. The van der Waals surface area contributed by atoms with Crippen LogP contribution in [-0.4, -0.2) is 28.3 Å². The van der Waals surface area contributed by atoms with Gasteiger partial charge in [-0.3, -0.25) is 0 Å². The minimum absolute atomic E-state index is 0.226. The van der Waals surface area contributed by atoms with Crippen molar-refractivity contribution in [2.24, 2.45) is 0 Å². The second-order valence-electron chi connectivity index (χ2n) is 5.07. The van der Waals surface area contributed by atoms with Crippen molar-refractivity contribution in [3.05, 3.63) is 41.8 Å². The van der Waals surface area contributed by atoms with Crippen LogP contribution < -0.4 is 10.2 Å². The van der Waals surface area contributed by atoms with E-state index in [-0.39, 0.29) is 5.82 Å². The number of nitrogens with one attached hydrogen (secondary N) is 1. The first kappa shape index (κ1) is 16.1. The van der Waals surface area contributed by atoms with Gasteiger partial charge in [0.2, 0.25) is 5.95 Å². The van der Waals surface area contributed by atoms with Gasteiger partial charge in [-0.1, -0.05) is 32.0 Å². The largest absolute Gasteiger partial charge is 0.364 e. The molecule has 1 heterocycles. The lowest BCUT2D eigenvalue weighted by atomic mass is 10.2. The van der Waals surface area contributed by atoms with E-state index in [1.165, 1.54) is 6.07 Å². The first-order valence-electron chi connectivity index (χ1n) is 7.66. The summed E-state index contributed by atoms with van der Waals surface area (Å²) in [6.45, 7) is 6.40. The van der Waals surface area contributed by atoms with Crippen LogP contribution in [0.15, 0.2) is 30.5 Å². The zero-order valence-corrected chi connectivity index (χ0v) is 13.1. The van der Waals surface area contributed by atoms with E-state index in [9.17, 15) is 4.39 Å². The van der Waals surface area contributed by atoms with Gasteiger partial charge in [0.1, 0.15) is 5.82 Å². The highest BCUT2D eigenvalue weighted by molar-refractivity contribution is 5.39. The highest BCUT2D eigenvalue weighted by Crippen LogP contribution is 2.13. The van der Waals surface area contributed by atoms with Crippen molar-refractivity contribution in [2.45, 2.75) is 33.2 Å². The fraction of sp³-hybridized carbons (Fsp3) is 0.438. The van der Waals surface area contributed by atoms with Crippen LogP contribution in [0.4, 0.5) is 16.2 Å². The highest BCUT2D eigenvalue weighted by atomic mass is 19.1. The maximum atomic E-state index is 13.6. The molecule has 0 saturated heterocycles. The molecule has 0 spiro atoms. The first-order valence-corrected chi connectivity index (χ1v) is 7.66. The van der Waals surface area contributed by atoms with Gasteiger partial charge in [-0.2, -0.15) is 10.1 Å². The maximum absolute atomic E-state index is 13.6. The number of benzene rings is 1. The van der Waals surface area contributed by atoms with Crippen molar-refractivity contribution in [2.75, 3.05) is 23.3 Å². The summed E-state index contributed by atoms with van der Waals surface area (Å²) in [7, 11) is 0. The molecule has 0 atom stereocenters. The Kier molecular flexibility index (Phi) is 6.06. The molecule has 5 nitrogen and oxygen atoms in total. The Morgan fingerprint density at radius 2 is 1.86 bits per heavy atom. The second kappa shape index (κ2) is 8.26. The third-order valence-corrected chi connectivity index (χ3v) is 3.24. The Hall–Kier alpha value is -2.24. The van der Waals surface area contributed by atoms with Crippen LogP contribution in [0.1, 0.15) is 32.3 Å². The minimum Gasteiger partial charge on any atom is -0.364 e. The molecule has 0 radical (unpaired) electrons. The van der Waals surface area contributed by atoms with Gasteiger partial charge in [0.05, 0.1) is 6.20 Å². The Bertz CT molecular complexity index is 584. The standard InChI is InChI=1S/C16H22FN5/c1-3-9-22(10-4-2)16-20-15(12-19-21-16)18-11-13-7-5-6-8-14(13)17/h5-8,12H,3-4,9-11H2,1-2H3,(H,18,20,21). The average Bonchev–Trinajstić information content (AvgIpc) is 2.54. The molecule has 6 heteroatoms. The zero-order chi connectivity index (χ0) is 15.8. The molecule has 2 aromatic rings. The lowest BCUT2D eigenvalue weighted by molar-refractivity contribution is 0.612. The molecular formula is C16H22FN5. The molecule has 1 N–H and O–H groups in total. The Balaban J connectivity index is 2.06. The summed E-state index contributed by atoms with van der Waals surface area (Å²) < 4.78 is 13.6. The van der Waals surface area contributed by atoms with Gasteiger partial charge < -0.3 is 10.2 Å². The summed E-state index contributed by atoms with van der Waals surface area (Å²) >= 11 is 0. The molecule has 0 bridgehead atoms. The van der Waals surface area contributed by atoms with Crippen LogP contribution in [0.3, 0.4) is 0 Å². The molecule has 118 valence electrons. The molecule has 0 aliphatic heterocycles. The summed E-state index contributed by atoms with van der Waals surface area (Å²) in [6.07, 6.45) is 3.60. The molecule has 0 amide bonds. The van der Waals surface area contributed by atoms with Crippen LogP contribution in [0.2, 0.25) is 0 Å². The van der Waals surface area contributed by atoms with Gasteiger partial charge in [0.25, 0.3) is 0 Å². The third-order valence-electron chi connectivity index (χ3n) is 3.24. The summed E-state index contributed by atoms with van der Waals surface area (Å²) in [5.74, 6) is 0.989. The zero-order valence-electron chi connectivity index (χ0n) is 13.1. The van der Waals surface area contributed by atoms with Gasteiger partial charge in [-0.05, 0) is 18.9 Å². The molecule has 0 saturated carbocycles. The fourth-order valence-corrected chi connectivity index (χ4v) is 2.19. The van der Waals surface area contributed by atoms with E-state index in [1.54, 1.807) is 18.3 Å². The van der Waals surface area contributed by atoms with Gasteiger partial charge >= 0.3 is 0 Å². The van der Waals surface area contributed by atoms with Gasteiger partial charge in [0.15, 0.2) is 5.82 Å². The topological polar surface area (TPSA) is 53.9 Å². The van der Waals surface area contributed by atoms with Gasteiger partial charge in [-0.15, -0.1) is 5.10 Å². The van der Waals surface area contributed by atoms with Crippen LogP contribution >= 0.6 is 0 Å². The van der Waals surface area contributed by atoms with E-state index in [0.717, 1.165) is 25.9 Å². The number of anilines is 2. The predicted molar refractivity (Wildman–Crippen MR) is 86.3 cm³/mol. The van der Waals surface area contributed by atoms with Crippen molar-refractivity contribution < 1.29 is 4.39 Å². The van der Waals surface area contributed by atoms with E-state index in [2.05, 4.69) is 39.2 Å². The summed E-state index contributed by atoms with van der Waals surface area (Å²) in [4.78, 5) is 6.59. The van der Waals surface area contributed by atoms with Crippen LogP contribution in [0.25, 0.3) is 0 Å². The van der Waals surface area contributed by atoms with Crippen molar-refractivity contribution in [3.8, 4) is 0 Å². The SMILES string of the molecule is CCCN(CCC)c1nncc(NCc2ccccc2F)n1. The van der Waals surface area contributed by atoms with Crippen LogP contribution in [-0.2, 0) is 6.54 Å². The monoisotopic (exact) mass is 303 g/mol. The summed E-state index contributed by atoms with van der Waals surface area (Å²) in [6, 6.07) is 6.69. The van der Waals surface area contributed by atoms with E-state index in [0.29, 0.717) is 23.9 Å². The van der Waals surface area contributed by atoms with Crippen molar-refractivity contribution >= 4 is 11.8 Å². The quantitative estimate of drug-likeness (QED) is 0.811. The predicted octanol–water partition coefficient (Wildman–Crippen LogP) is 3.25. The molecule has 22 heavy (non-hydrogen) atoms. The second-order valence-corrected chi connectivity index (χ2v) is 5.07. The van der Waals surface area contributed by atoms with Gasteiger partial charge in [-0.25, -0.2) is 4.39 Å². The van der Waals surface area contributed by atoms with Crippen LogP contribution in [0.5, 0.6) is 0 Å². The van der Waals surface area contributed by atoms with E-state index < -0.39 is 0 Å². The smallest absolute Gasteiger partial charge is 0.247 e. The number of hydrogen-bond acceptors (Lipinski definition) is 5. The molecule has 0 fully saturated rings. The Morgan fingerprint density at radius 1 is 1.14 bits per heavy atom. The Labute approximate surface area is 130 Å². The van der Waals surface area contributed by atoms with E-state index >= 15 is 0 Å². The number of nitrogens with zero attached hydrogens (tertiary/aromatic N) is 4. The normalized spacial score (nSPS) is 10.5. The molecule has 1 aromatic heterocycles. The van der Waals surface area contributed by atoms with Crippen molar-refractivity contribution in [1.82, 2.24) is 15.2 Å². The average molecular weight is 303 g/mol. The molecule has 1 aromatic carbocycles. The maximum Gasteiger partial charge on any atom is 0.247 e. The summed E-state index contributed by atoms with van der Waals surface area (Å²) in [5.41, 5.74) is 0.599. The molecule has 2 rings (SSSR count). The van der Waals surface area contributed by atoms with Crippen molar-refractivity contribution in [3.63, 3.8) is 0 Å². The first-order chi connectivity index (χ1) is 10.7. The fourth-order valence-electron chi connectivity index (χ4n) is 2.19. The minimum atomic E-state index is -0.226. The lowest BCUT2D eigenvalue weighted by Crippen LogP contribution is -2.27. The molecular weight excluding hydrogens is 281 g/mol. The number of hydrogen-bond donors (Lipinski definition) is 1. The van der Waals surface area contributed by atoms with Crippen molar-refractivity contribution in [1.29, 1.82) is 0 Å². The molecule has 0 unspecified atom stereocenters. The van der Waals surface area contributed by atoms with Crippen LogP contribution in [0, 0.1) is 5.82 Å². The molecule has 0 aliphatic rings. The number of rotatable bonds is 8. The third kappa shape index (κ3) is 4.38.